The van der Waals surface area contributed by atoms with Gasteiger partial charge in [-0.15, -0.1) is 0 Å². The summed E-state index contributed by atoms with van der Waals surface area (Å²) in [5.41, 5.74) is 0. The molecule has 0 radical (unpaired) electrons. The molecule has 1 saturated carbocycles. The standard InChI is InChI=1S/C12H23N3O3S/c1-2-15-19(17,18)7-6-13-12(16)11-10-5-3-4-9(10)8-14-11/h9-11,14-15H,2-8H2,1H3,(H,13,16). The molecular formula is C12H23N3O3S. The lowest BCUT2D eigenvalue weighted by Gasteiger charge is -2.17. The molecule has 0 spiro atoms. The molecule has 0 aromatic rings. The Kier molecular flexibility index (Phi) is 4.81. The molecule has 1 saturated heterocycles. The minimum Gasteiger partial charge on any atom is -0.354 e. The smallest absolute Gasteiger partial charge is 0.237 e. The van der Waals surface area contributed by atoms with Gasteiger partial charge in [-0.25, -0.2) is 13.1 Å². The Bertz CT molecular complexity index is 424. The molecule has 2 rings (SSSR count). The molecule has 0 aromatic carbocycles. The van der Waals surface area contributed by atoms with E-state index in [0.29, 0.717) is 18.4 Å². The van der Waals surface area contributed by atoms with Gasteiger partial charge in [-0.05, 0) is 31.2 Å². The van der Waals surface area contributed by atoms with Gasteiger partial charge >= 0.3 is 0 Å². The maximum Gasteiger partial charge on any atom is 0.237 e. The van der Waals surface area contributed by atoms with Gasteiger partial charge in [0.05, 0.1) is 11.8 Å². The Morgan fingerprint density at radius 1 is 1.37 bits per heavy atom. The van der Waals surface area contributed by atoms with Crippen molar-refractivity contribution in [2.75, 3.05) is 25.4 Å². The highest BCUT2D eigenvalue weighted by Crippen LogP contribution is 2.37. The minimum absolute atomic E-state index is 0.0545. The number of sulfonamides is 1. The van der Waals surface area contributed by atoms with Gasteiger partial charge < -0.3 is 10.6 Å². The number of hydrogen-bond acceptors (Lipinski definition) is 4. The average Bonchev–Trinajstić information content (AvgIpc) is 2.89. The SMILES string of the molecule is CCNS(=O)(=O)CCNC(=O)C1NCC2CCCC21. The Morgan fingerprint density at radius 2 is 2.16 bits per heavy atom. The number of carbonyl (C=O) groups excluding carboxylic acids is 1. The lowest BCUT2D eigenvalue weighted by molar-refractivity contribution is -0.123. The summed E-state index contributed by atoms with van der Waals surface area (Å²) >= 11 is 0. The van der Waals surface area contributed by atoms with Gasteiger partial charge in [0, 0.05) is 13.1 Å². The van der Waals surface area contributed by atoms with Crippen LogP contribution in [0.4, 0.5) is 0 Å². The van der Waals surface area contributed by atoms with Crippen molar-refractivity contribution >= 4 is 15.9 Å². The quantitative estimate of drug-likeness (QED) is 0.611. The highest BCUT2D eigenvalue weighted by Gasteiger charge is 2.42. The number of carbonyl (C=O) groups is 1. The minimum atomic E-state index is -3.25. The monoisotopic (exact) mass is 289 g/mol. The summed E-state index contributed by atoms with van der Waals surface area (Å²) in [6, 6.07) is -0.130. The topological polar surface area (TPSA) is 87.3 Å². The van der Waals surface area contributed by atoms with Crippen molar-refractivity contribution in [2.45, 2.75) is 32.2 Å². The Labute approximate surface area is 114 Å². The Balaban J connectivity index is 1.76. The van der Waals surface area contributed by atoms with E-state index in [0.717, 1.165) is 13.0 Å². The molecule has 0 bridgehead atoms. The summed E-state index contributed by atoms with van der Waals surface area (Å²) in [7, 11) is -3.25. The predicted molar refractivity (Wildman–Crippen MR) is 73.1 cm³/mol. The normalized spacial score (nSPS) is 30.3. The van der Waals surface area contributed by atoms with Gasteiger partial charge in [-0.1, -0.05) is 13.3 Å². The summed E-state index contributed by atoms with van der Waals surface area (Å²) in [5, 5.41) is 5.99. The fourth-order valence-electron chi connectivity index (χ4n) is 3.19. The van der Waals surface area contributed by atoms with Gasteiger partial charge in [0.2, 0.25) is 15.9 Å². The van der Waals surface area contributed by atoms with E-state index < -0.39 is 10.0 Å². The molecule has 7 heteroatoms. The first-order valence-corrected chi connectivity index (χ1v) is 8.67. The third kappa shape index (κ3) is 3.67. The maximum absolute atomic E-state index is 12.0. The van der Waals surface area contributed by atoms with Gasteiger partial charge in [-0.3, -0.25) is 4.79 Å². The molecule has 1 heterocycles. The molecule has 1 aliphatic carbocycles. The molecule has 19 heavy (non-hydrogen) atoms. The van der Waals surface area contributed by atoms with E-state index in [1.54, 1.807) is 6.92 Å². The van der Waals surface area contributed by atoms with Crippen molar-refractivity contribution in [3.8, 4) is 0 Å². The van der Waals surface area contributed by atoms with E-state index in [1.807, 2.05) is 0 Å². The molecule has 2 aliphatic rings. The van der Waals surface area contributed by atoms with E-state index in [1.165, 1.54) is 12.8 Å². The van der Waals surface area contributed by atoms with Crippen LogP contribution in [0.5, 0.6) is 0 Å². The van der Waals surface area contributed by atoms with Crippen molar-refractivity contribution in [1.82, 2.24) is 15.4 Å². The maximum atomic E-state index is 12.0. The fourth-order valence-corrected chi connectivity index (χ4v) is 4.14. The van der Waals surface area contributed by atoms with Crippen LogP contribution in [-0.2, 0) is 14.8 Å². The Hall–Kier alpha value is -0.660. The Morgan fingerprint density at radius 3 is 2.89 bits per heavy atom. The van der Waals surface area contributed by atoms with Crippen molar-refractivity contribution in [3.63, 3.8) is 0 Å². The van der Waals surface area contributed by atoms with E-state index in [4.69, 9.17) is 0 Å². The van der Waals surface area contributed by atoms with Crippen molar-refractivity contribution in [1.29, 1.82) is 0 Å². The summed E-state index contributed by atoms with van der Waals surface area (Å²) in [5.74, 6) is 0.945. The number of nitrogens with one attached hydrogen (secondary N) is 3. The molecule has 110 valence electrons. The lowest BCUT2D eigenvalue weighted by Crippen LogP contribution is -2.45. The fraction of sp³-hybridized carbons (Fsp3) is 0.917. The molecule has 1 amide bonds. The largest absolute Gasteiger partial charge is 0.354 e. The third-order valence-corrected chi connectivity index (χ3v) is 5.53. The van der Waals surface area contributed by atoms with Crippen LogP contribution in [0.15, 0.2) is 0 Å². The average molecular weight is 289 g/mol. The van der Waals surface area contributed by atoms with Crippen molar-refractivity contribution in [3.05, 3.63) is 0 Å². The first kappa shape index (κ1) is 14.7. The zero-order valence-electron chi connectivity index (χ0n) is 11.3. The van der Waals surface area contributed by atoms with E-state index in [2.05, 4.69) is 15.4 Å². The first-order chi connectivity index (χ1) is 9.03. The highest BCUT2D eigenvalue weighted by atomic mass is 32.2. The van der Waals surface area contributed by atoms with E-state index in [-0.39, 0.29) is 24.2 Å². The van der Waals surface area contributed by atoms with Crippen LogP contribution in [0.3, 0.4) is 0 Å². The molecule has 3 atom stereocenters. The lowest BCUT2D eigenvalue weighted by atomic mass is 9.94. The van der Waals surface area contributed by atoms with E-state index >= 15 is 0 Å². The highest BCUT2D eigenvalue weighted by molar-refractivity contribution is 7.89. The van der Waals surface area contributed by atoms with Crippen LogP contribution >= 0.6 is 0 Å². The molecule has 3 N–H and O–H groups in total. The van der Waals surface area contributed by atoms with Crippen LogP contribution < -0.4 is 15.4 Å². The van der Waals surface area contributed by atoms with Crippen molar-refractivity contribution in [2.24, 2.45) is 11.8 Å². The second-order valence-corrected chi connectivity index (χ2v) is 7.27. The zero-order valence-corrected chi connectivity index (χ0v) is 12.1. The second kappa shape index (κ2) is 6.19. The molecule has 3 unspecified atom stereocenters. The third-order valence-electron chi connectivity index (χ3n) is 4.06. The van der Waals surface area contributed by atoms with Gasteiger partial charge in [0.15, 0.2) is 0 Å². The number of rotatable bonds is 6. The summed E-state index contributed by atoms with van der Waals surface area (Å²) < 4.78 is 25.3. The first-order valence-electron chi connectivity index (χ1n) is 7.02. The molecule has 6 nitrogen and oxygen atoms in total. The van der Waals surface area contributed by atoms with Gasteiger partial charge in [0.25, 0.3) is 0 Å². The summed E-state index contributed by atoms with van der Waals surface area (Å²) in [6.07, 6.45) is 3.51. The number of amides is 1. The molecule has 0 aromatic heterocycles. The number of fused-ring (bicyclic) bond motifs is 1. The van der Waals surface area contributed by atoms with Crippen LogP contribution in [0.2, 0.25) is 0 Å². The predicted octanol–water partition coefficient (Wildman–Crippen LogP) is -0.570. The molecule has 2 fully saturated rings. The zero-order chi connectivity index (χ0) is 13.9. The van der Waals surface area contributed by atoms with Crippen molar-refractivity contribution < 1.29 is 13.2 Å². The van der Waals surface area contributed by atoms with Crippen LogP contribution in [0, 0.1) is 11.8 Å². The molecule has 1 aliphatic heterocycles. The van der Waals surface area contributed by atoms with Crippen LogP contribution in [0.25, 0.3) is 0 Å². The van der Waals surface area contributed by atoms with Crippen LogP contribution in [-0.4, -0.2) is 45.8 Å². The van der Waals surface area contributed by atoms with E-state index in [9.17, 15) is 13.2 Å². The second-order valence-electron chi connectivity index (χ2n) is 5.35. The summed E-state index contributed by atoms with van der Waals surface area (Å²) in [6.45, 7) is 3.20. The van der Waals surface area contributed by atoms with Crippen LogP contribution in [0.1, 0.15) is 26.2 Å². The van der Waals surface area contributed by atoms with Gasteiger partial charge in [0.1, 0.15) is 0 Å². The van der Waals surface area contributed by atoms with Gasteiger partial charge in [-0.2, -0.15) is 0 Å². The summed E-state index contributed by atoms with van der Waals surface area (Å²) in [4.78, 5) is 12.0. The number of hydrogen-bond donors (Lipinski definition) is 3. The molecular weight excluding hydrogens is 266 g/mol.